The van der Waals surface area contributed by atoms with Gasteiger partial charge in [-0.3, -0.25) is 18.6 Å². The van der Waals surface area contributed by atoms with Gasteiger partial charge in [0.15, 0.2) is 5.65 Å². The highest BCUT2D eigenvalue weighted by Crippen LogP contribution is 2.12. The van der Waals surface area contributed by atoms with E-state index in [2.05, 4.69) is 20.5 Å². The van der Waals surface area contributed by atoms with Crippen molar-refractivity contribution in [1.29, 1.82) is 0 Å². The molecule has 0 saturated carbocycles. The number of pyridine rings is 1. The lowest BCUT2D eigenvalue weighted by Crippen LogP contribution is -2.33. The van der Waals surface area contributed by atoms with Crippen LogP contribution in [0, 0.1) is 13.8 Å². The number of rotatable bonds is 4. The third kappa shape index (κ3) is 2.63. The Morgan fingerprint density at radius 1 is 1.19 bits per heavy atom. The Morgan fingerprint density at radius 2 is 2.04 bits per heavy atom. The van der Waals surface area contributed by atoms with Crippen molar-refractivity contribution in [3.05, 3.63) is 58.2 Å². The smallest absolute Gasteiger partial charge is 0.297 e. The number of furan rings is 1. The Bertz CT molecular complexity index is 1190. The van der Waals surface area contributed by atoms with E-state index in [0.29, 0.717) is 22.7 Å². The minimum absolute atomic E-state index is 0.142. The molecule has 4 aromatic heterocycles. The van der Waals surface area contributed by atoms with E-state index >= 15 is 0 Å². The number of carbonyl (C=O) groups excluding carboxylic acids is 1. The Balaban J connectivity index is 1.70. The third-order valence-corrected chi connectivity index (χ3v) is 4.09. The SMILES string of the molecule is Cc1ccc(CNC(=O)Cn2c(=O)c3nnc(C)n3c3ncccc32)o1. The van der Waals surface area contributed by atoms with Crippen molar-refractivity contribution in [3.8, 4) is 0 Å². The van der Waals surface area contributed by atoms with Crippen LogP contribution in [0.25, 0.3) is 16.8 Å². The molecule has 9 nitrogen and oxygen atoms in total. The van der Waals surface area contributed by atoms with Crippen LogP contribution in [0.1, 0.15) is 17.3 Å². The highest BCUT2D eigenvalue weighted by Gasteiger charge is 2.17. The Labute approximate surface area is 147 Å². The highest BCUT2D eigenvalue weighted by atomic mass is 16.3. The molecular weight excluding hydrogens is 336 g/mol. The fourth-order valence-corrected chi connectivity index (χ4v) is 2.88. The van der Waals surface area contributed by atoms with E-state index < -0.39 is 5.56 Å². The summed E-state index contributed by atoms with van der Waals surface area (Å²) in [4.78, 5) is 29.5. The second kappa shape index (κ2) is 6.10. The molecule has 0 fully saturated rings. The van der Waals surface area contributed by atoms with Crippen LogP contribution in [0.2, 0.25) is 0 Å². The number of amides is 1. The van der Waals surface area contributed by atoms with Crippen molar-refractivity contribution < 1.29 is 9.21 Å². The second-order valence-corrected chi connectivity index (χ2v) is 5.93. The molecule has 0 aliphatic carbocycles. The van der Waals surface area contributed by atoms with Crippen LogP contribution in [-0.2, 0) is 17.9 Å². The lowest BCUT2D eigenvalue weighted by atomic mass is 10.3. The van der Waals surface area contributed by atoms with Gasteiger partial charge in [-0.05, 0) is 38.1 Å². The molecule has 0 bridgehead atoms. The van der Waals surface area contributed by atoms with Gasteiger partial charge < -0.3 is 9.73 Å². The number of aromatic nitrogens is 5. The van der Waals surface area contributed by atoms with Crippen molar-refractivity contribution in [3.63, 3.8) is 0 Å². The minimum atomic E-state index is -0.393. The standard InChI is InChI=1S/C17H16N6O3/c1-10-5-6-12(26-10)8-19-14(24)9-22-13-4-3-7-18-15(13)23-11(2)20-21-16(23)17(22)25/h3-7H,8-9H2,1-2H3,(H,19,24). The molecule has 26 heavy (non-hydrogen) atoms. The number of nitrogens with zero attached hydrogens (tertiary/aromatic N) is 5. The molecule has 1 N–H and O–H groups in total. The minimum Gasteiger partial charge on any atom is -0.465 e. The van der Waals surface area contributed by atoms with E-state index in [4.69, 9.17) is 4.42 Å². The molecule has 4 rings (SSSR count). The van der Waals surface area contributed by atoms with E-state index in [-0.39, 0.29) is 24.6 Å². The third-order valence-electron chi connectivity index (χ3n) is 4.09. The van der Waals surface area contributed by atoms with E-state index in [1.807, 2.05) is 13.0 Å². The summed E-state index contributed by atoms with van der Waals surface area (Å²) in [5.41, 5.74) is 0.814. The summed E-state index contributed by atoms with van der Waals surface area (Å²) in [6, 6.07) is 7.08. The first kappa shape index (κ1) is 16.0. The van der Waals surface area contributed by atoms with Crippen molar-refractivity contribution in [2.45, 2.75) is 26.9 Å². The molecule has 0 aromatic carbocycles. The van der Waals surface area contributed by atoms with Crippen molar-refractivity contribution in [2.24, 2.45) is 0 Å². The maximum absolute atomic E-state index is 12.8. The number of hydrogen-bond acceptors (Lipinski definition) is 6. The maximum atomic E-state index is 12.8. The van der Waals surface area contributed by atoms with Crippen molar-refractivity contribution >= 4 is 22.7 Å². The average molecular weight is 352 g/mol. The number of fused-ring (bicyclic) bond motifs is 3. The number of carbonyl (C=O) groups is 1. The normalized spacial score (nSPS) is 11.3. The van der Waals surface area contributed by atoms with Crippen molar-refractivity contribution in [2.75, 3.05) is 0 Å². The Kier molecular flexibility index (Phi) is 3.76. The molecule has 4 aromatic rings. The predicted octanol–water partition coefficient (Wildman–Crippen LogP) is 0.965. The van der Waals surface area contributed by atoms with Gasteiger partial charge in [0.05, 0.1) is 12.1 Å². The van der Waals surface area contributed by atoms with E-state index in [9.17, 15) is 9.59 Å². The van der Waals surface area contributed by atoms with Gasteiger partial charge in [-0.2, -0.15) is 0 Å². The molecule has 0 atom stereocenters. The Morgan fingerprint density at radius 3 is 2.81 bits per heavy atom. The van der Waals surface area contributed by atoms with E-state index in [1.165, 1.54) is 4.57 Å². The number of aryl methyl sites for hydroxylation is 2. The van der Waals surface area contributed by atoms with Crippen LogP contribution in [0.4, 0.5) is 0 Å². The Hall–Kier alpha value is -3.49. The van der Waals surface area contributed by atoms with Crippen LogP contribution in [-0.4, -0.2) is 30.1 Å². The lowest BCUT2D eigenvalue weighted by molar-refractivity contribution is -0.121. The van der Waals surface area contributed by atoms with Gasteiger partial charge in [0.25, 0.3) is 5.56 Å². The zero-order valence-corrected chi connectivity index (χ0v) is 14.3. The van der Waals surface area contributed by atoms with Gasteiger partial charge >= 0.3 is 0 Å². The predicted molar refractivity (Wildman–Crippen MR) is 92.6 cm³/mol. The van der Waals surface area contributed by atoms with Crippen LogP contribution in [0.5, 0.6) is 0 Å². The zero-order valence-electron chi connectivity index (χ0n) is 14.3. The number of hydrogen-bond donors (Lipinski definition) is 1. The molecule has 0 aliphatic heterocycles. The fraction of sp³-hybridized carbons (Fsp3) is 0.235. The first-order valence-corrected chi connectivity index (χ1v) is 8.06. The first-order chi connectivity index (χ1) is 12.5. The molecule has 9 heteroatoms. The summed E-state index contributed by atoms with van der Waals surface area (Å²) in [5.74, 6) is 1.67. The van der Waals surface area contributed by atoms with Crippen LogP contribution >= 0.6 is 0 Å². The van der Waals surface area contributed by atoms with E-state index in [1.54, 1.807) is 35.7 Å². The molecule has 0 saturated heterocycles. The summed E-state index contributed by atoms with van der Waals surface area (Å²) < 4.78 is 8.37. The lowest BCUT2D eigenvalue weighted by Gasteiger charge is -2.11. The van der Waals surface area contributed by atoms with Crippen molar-refractivity contribution in [1.82, 2.24) is 29.5 Å². The van der Waals surface area contributed by atoms with Gasteiger partial charge in [-0.15, -0.1) is 10.2 Å². The monoisotopic (exact) mass is 352 g/mol. The zero-order chi connectivity index (χ0) is 18.3. The van der Waals surface area contributed by atoms with Gasteiger partial charge in [0.1, 0.15) is 23.9 Å². The molecule has 4 heterocycles. The molecular formula is C17H16N6O3. The number of nitrogens with one attached hydrogen (secondary N) is 1. The molecule has 132 valence electrons. The molecule has 0 unspecified atom stereocenters. The van der Waals surface area contributed by atoms with E-state index in [0.717, 1.165) is 5.76 Å². The maximum Gasteiger partial charge on any atom is 0.297 e. The van der Waals surface area contributed by atoms with Gasteiger partial charge in [0.2, 0.25) is 11.6 Å². The van der Waals surface area contributed by atoms with Crippen LogP contribution in [0.3, 0.4) is 0 Å². The summed E-state index contributed by atoms with van der Waals surface area (Å²) >= 11 is 0. The fourth-order valence-electron chi connectivity index (χ4n) is 2.88. The van der Waals surface area contributed by atoms with Gasteiger partial charge in [-0.1, -0.05) is 0 Å². The molecule has 0 radical (unpaired) electrons. The molecule has 1 amide bonds. The summed E-state index contributed by atoms with van der Waals surface area (Å²) in [5, 5.41) is 10.6. The first-order valence-electron chi connectivity index (χ1n) is 8.06. The molecule has 0 spiro atoms. The second-order valence-electron chi connectivity index (χ2n) is 5.93. The quantitative estimate of drug-likeness (QED) is 0.586. The highest BCUT2D eigenvalue weighted by molar-refractivity contribution is 5.80. The summed E-state index contributed by atoms with van der Waals surface area (Å²) in [6.45, 7) is 3.68. The largest absolute Gasteiger partial charge is 0.465 e. The topological polar surface area (TPSA) is 107 Å². The molecule has 0 aliphatic rings. The summed E-state index contributed by atoms with van der Waals surface area (Å²) in [6.07, 6.45) is 1.62. The summed E-state index contributed by atoms with van der Waals surface area (Å²) in [7, 11) is 0. The average Bonchev–Trinajstić information content (AvgIpc) is 3.23. The van der Waals surface area contributed by atoms with Gasteiger partial charge in [-0.25, -0.2) is 4.98 Å². The van der Waals surface area contributed by atoms with Gasteiger partial charge in [0, 0.05) is 6.20 Å². The van der Waals surface area contributed by atoms with Crippen LogP contribution < -0.4 is 10.9 Å². The van der Waals surface area contributed by atoms with Crippen LogP contribution in [0.15, 0.2) is 39.7 Å².